The van der Waals surface area contributed by atoms with Gasteiger partial charge in [0.2, 0.25) is 5.91 Å². The molecule has 3 saturated heterocycles. The van der Waals surface area contributed by atoms with E-state index in [1.165, 1.54) is 0 Å². The third-order valence-corrected chi connectivity index (χ3v) is 7.18. The van der Waals surface area contributed by atoms with Crippen LogP contribution in [0, 0.1) is 5.41 Å². The van der Waals surface area contributed by atoms with Gasteiger partial charge in [-0.3, -0.25) is 14.5 Å². The number of hydrogen-bond donors (Lipinski definition) is 0. The fourth-order valence-electron chi connectivity index (χ4n) is 4.52. The quantitative estimate of drug-likeness (QED) is 0.716. The molecule has 3 aliphatic rings. The first-order valence-electron chi connectivity index (χ1n) is 10.4. The first kappa shape index (κ1) is 19.8. The topological polar surface area (TPSA) is 66.0 Å². The minimum absolute atomic E-state index is 0.0185. The summed E-state index contributed by atoms with van der Waals surface area (Å²) >= 11 is 1.56. The van der Waals surface area contributed by atoms with Gasteiger partial charge in [0.05, 0.1) is 23.6 Å². The summed E-state index contributed by atoms with van der Waals surface area (Å²) in [5.41, 5.74) is 0.170. The normalized spacial score (nSPS) is 26.0. The maximum absolute atomic E-state index is 13.1. The zero-order valence-corrected chi connectivity index (χ0v) is 17.5. The minimum Gasteiger partial charge on any atom is -0.379 e. The largest absolute Gasteiger partial charge is 0.379 e. The number of hydrogen-bond acceptors (Lipinski definition) is 6. The Balaban J connectivity index is 1.33. The van der Waals surface area contributed by atoms with E-state index in [-0.39, 0.29) is 17.2 Å². The van der Waals surface area contributed by atoms with Gasteiger partial charge in [0.15, 0.2) is 0 Å². The first-order valence-corrected chi connectivity index (χ1v) is 11.3. The Kier molecular flexibility index (Phi) is 5.99. The molecule has 0 bridgehead atoms. The van der Waals surface area contributed by atoms with Crippen molar-refractivity contribution in [3.8, 4) is 0 Å². The van der Waals surface area contributed by atoms with Crippen LogP contribution in [0.15, 0.2) is 5.38 Å². The molecule has 1 atom stereocenters. The molecule has 154 valence electrons. The molecular weight excluding hydrogens is 376 g/mol. The van der Waals surface area contributed by atoms with Crippen LogP contribution >= 0.6 is 11.3 Å². The van der Waals surface area contributed by atoms with Crippen molar-refractivity contribution in [3.05, 3.63) is 16.1 Å². The molecule has 0 aliphatic carbocycles. The molecule has 2 amide bonds. The summed E-state index contributed by atoms with van der Waals surface area (Å²) in [5, 5.41) is 2.88. The third-order valence-electron chi connectivity index (χ3n) is 6.27. The molecule has 0 saturated carbocycles. The summed E-state index contributed by atoms with van der Waals surface area (Å²) in [4.78, 5) is 36.7. The highest BCUT2D eigenvalue weighted by Gasteiger charge is 2.51. The van der Waals surface area contributed by atoms with Crippen LogP contribution in [0.3, 0.4) is 0 Å². The van der Waals surface area contributed by atoms with Crippen LogP contribution in [-0.4, -0.2) is 90.5 Å². The Morgan fingerprint density at radius 1 is 1.21 bits per heavy atom. The van der Waals surface area contributed by atoms with E-state index >= 15 is 0 Å². The molecular formula is C20H30N4O3S. The first-order chi connectivity index (χ1) is 13.6. The molecule has 28 heavy (non-hydrogen) atoms. The fourth-order valence-corrected chi connectivity index (χ4v) is 5.39. The fraction of sp³-hybridized carbons (Fsp3) is 0.750. The van der Waals surface area contributed by atoms with Crippen molar-refractivity contribution < 1.29 is 14.3 Å². The van der Waals surface area contributed by atoms with Gasteiger partial charge in [0.1, 0.15) is 5.69 Å². The van der Waals surface area contributed by atoms with Crippen molar-refractivity contribution in [2.75, 3.05) is 59.0 Å². The second-order valence-corrected chi connectivity index (χ2v) is 9.07. The molecule has 8 heteroatoms. The summed E-state index contributed by atoms with van der Waals surface area (Å²) in [6.45, 7) is 9.27. The maximum atomic E-state index is 13.1. The Bertz CT molecular complexity index is 718. The van der Waals surface area contributed by atoms with Gasteiger partial charge in [0, 0.05) is 51.2 Å². The van der Waals surface area contributed by atoms with E-state index in [1.54, 1.807) is 11.3 Å². The molecule has 0 N–H and O–H groups in total. The van der Waals surface area contributed by atoms with Crippen LogP contribution in [0.25, 0.3) is 0 Å². The number of carbonyl (C=O) groups excluding carboxylic acids is 2. The van der Waals surface area contributed by atoms with Crippen molar-refractivity contribution in [2.45, 2.75) is 32.6 Å². The van der Waals surface area contributed by atoms with Gasteiger partial charge in [-0.15, -0.1) is 11.3 Å². The van der Waals surface area contributed by atoms with Gasteiger partial charge in [0.25, 0.3) is 5.91 Å². The highest BCUT2D eigenvalue weighted by molar-refractivity contribution is 7.09. The van der Waals surface area contributed by atoms with Crippen molar-refractivity contribution in [3.63, 3.8) is 0 Å². The van der Waals surface area contributed by atoms with Gasteiger partial charge in [-0.25, -0.2) is 4.98 Å². The lowest BCUT2D eigenvalue weighted by Gasteiger charge is -2.29. The van der Waals surface area contributed by atoms with Crippen molar-refractivity contribution >= 4 is 23.2 Å². The van der Waals surface area contributed by atoms with E-state index in [0.29, 0.717) is 18.8 Å². The molecule has 1 aromatic rings. The number of ether oxygens (including phenoxy) is 1. The predicted molar refractivity (Wildman–Crippen MR) is 108 cm³/mol. The van der Waals surface area contributed by atoms with Crippen molar-refractivity contribution in [2.24, 2.45) is 5.41 Å². The van der Waals surface area contributed by atoms with Crippen LogP contribution in [-0.2, 0) is 16.0 Å². The summed E-state index contributed by atoms with van der Waals surface area (Å²) in [7, 11) is 0. The van der Waals surface area contributed by atoms with Crippen LogP contribution in [0.5, 0.6) is 0 Å². The summed E-state index contributed by atoms with van der Waals surface area (Å²) in [5.74, 6) is 0.219. The van der Waals surface area contributed by atoms with Crippen molar-refractivity contribution in [1.82, 2.24) is 19.7 Å². The number of morpholine rings is 1. The second-order valence-electron chi connectivity index (χ2n) is 8.13. The van der Waals surface area contributed by atoms with E-state index in [0.717, 1.165) is 76.6 Å². The van der Waals surface area contributed by atoms with Gasteiger partial charge >= 0.3 is 0 Å². The Morgan fingerprint density at radius 2 is 2.00 bits per heavy atom. The average molecular weight is 407 g/mol. The van der Waals surface area contributed by atoms with Crippen molar-refractivity contribution in [1.29, 1.82) is 0 Å². The molecule has 1 unspecified atom stereocenters. The molecule has 0 radical (unpaired) electrons. The van der Waals surface area contributed by atoms with Crippen LogP contribution in [0.1, 0.15) is 41.7 Å². The smallest absolute Gasteiger partial charge is 0.273 e. The Hall–Kier alpha value is -1.51. The number of nitrogens with zero attached hydrogens (tertiary/aromatic N) is 4. The average Bonchev–Trinajstić information content (AvgIpc) is 3.43. The lowest BCUT2D eigenvalue weighted by atomic mass is 9.85. The molecule has 0 aromatic carbocycles. The Labute approximate surface area is 170 Å². The van der Waals surface area contributed by atoms with E-state index in [1.807, 2.05) is 15.2 Å². The molecule has 3 aliphatic heterocycles. The number of likely N-dealkylation sites (tertiary alicyclic amines) is 2. The van der Waals surface area contributed by atoms with Crippen LogP contribution in [0.4, 0.5) is 0 Å². The summed E-state index contributed by atoms with van der Waals surface area (Å²) in [6, 6.07) is 0. The van der Waals surface area contributed by atoms with E-state index in [4.69, 9.17) is 4.74 Å². The molecule has 1 spiro atoms. The second kappa shape index (κ2) is 8.47. The number of amides is 2. The zero-order valence-electron chi connectivity index (χ0n) is 16.7. The third kappa shape index (κ3) is 3.95. The lowest BCUT2D eigenvalue weighted by Crippen LogP contribution is -2.43. The Morgan fingerprint density at radius 3 is 2.79 bits per heavy atom. The SMILES string of the molecule is CCCc1nc(C(=O)N2CCC3(CCN(CCN4CCOCC4)C3=O)C2)cs1. The van der Waals surface area contributed by atoms with E-state index in [9.17, 15) is 9.59 Å². The number of aryl methyl sites for hydroxylation is 1. The van der Waals surface area contributed by atoms with Gasteiger partial charge in [-0.05, 0) is 25.7 Å². The standard InChI is InChI=1S/C20H30N4O3S/c1-2-3-17-21-16(14-28-17)18(25)24-7-5-20(15-24)4-6-23(19(20)26)9-8-22-10-12-27-13-11-22/h14H,2-13,15H2,1H3. The maximum Gasteiger partial charge on any atom is 0.273 e. The van der Waals surface area contributed by atoms with Gasteiger partial charge in [-0.1, -0.05) is 6.92 Å². The van der Waals surface area contributed by atoms with Gasteiger partial charge in [-0.2, -0.15) is 0 Å². The molecule has 7 nitrogen and oxygen atoms in total. The number of rotatable bonds is 6. The monoisotopic (exact) mass is 406 g/mol. The number of carbonyl (C=O) groups is 2. The number of thiazole rings is 1. The van der Waals surface area contributed by atoms with Crippen LogP contribution in [0.2, 0.25) is 0 Å². The predicted octanol–water partition coefficient (Wildman–Crippen LogP) is 1.49. The molecule has 3 fully saturated rings. The summed E-state index contributed by atoms with van der Waals surface area (Å²) < 4.78 is 5.39. The molecule has 4 heterocycles. The molecule has 4 rings (SSSR count). The highest BCUT2D eigenvalue weighted by Crippen LogP contribution is 2.41. The minimum atomic E-state index is -0.372. The molecule has 1 aromatic heterocycles. The van der Waals surface area contributed by atoms with E-state index in [2.05, 4.69) is 16.8 Å². The lowest BCUT2D eigenvalue weighted by molar-refractivity contribution is -0.135. The zero-order chi connectivity index (χ0) is 19.6. The van der Waals surface area contributed by atoms with Crippen LogP contribution < -0.4 is 0 Å². The van der Waals surface area contributed by atoms with E-state index < -0.39 is 0 Å². The highest BCUT2D eigenvalue weighted by atomic mass is 32.1. The number of aromatic nitrogens is 1. The van der Waals surface area contributed by atoms with Gasteiger partial charge < -0.3 is 14.5 Å². The summed E-state index contributed by atoms with van der Waals surface area (Å²) in [6.07, 6.45) is 3.58.